The van der Waals surface area contributed by atoms with Gasteiger partial charge in [-0.05, 0) is 48.9 Å². The van der Waals surface area contributed by atoms with Crippen LogP contribution in [0.15, 0.2) is 81.2 Å². The van der Waals surface area contributed by atoms with Crippen molar-refractivity contribution in [2.75, 3.05) is 5.73 Å². The first-order valence-electron chi connectivity index (χ1n) is 12.5. The standard InChI is InChI=1S/C30H18F2N6O3/c1-14(27-22(15-4-2-5-18(31)11-15)26(39)23-20(32)6-3-7-21(23)41-27)38-29-24(28(33)35-13-36-29)25(37-38)16-8-9-19-17(10-16)12-34-30(19)40/h2-14H,1H3,(H2,33,35,36). The Bertz CT molecular complexity index is 2170. The highest BCUT2D eigenvalue weighted by atomic mass is 19.1. The van der Waals surface area contributed by atoms with Crippen molar-refractivity contribution in [3.8, 4) is 22.4 Å². The maximum absolute atomic E-state index is 14.8. The molecule has 200 valence electrons. The molecule has 1 aliphatic rings. The van der Waals surface area contributed by atoms with Gasteiger partial charge in [0.15, 0.2) is 5.65 Å². The monoisotopic (exact) mass is 548 g/mol. The van der Waals surface area contributed by atoms with Crippen molar-refractivity contribution in [2.24, 2.45) is 4.99 Å². The Hall–Kier alpha value is -5.58. The summed E-state index contributed by atoms with van der Waals surface area (Å²) in [5.74, 6) is -1.36. The van der Waals surface area contributed by atoms with Gasteiger partial charge in [0.2, 0.25) is 5.43 Å². The van der Waals surface area contributed by atoms with Crippen LogP contribution < -0.4 is 11.2 Å². The number of benzene rings is 3. The first-order valence-corrected chi connectivity index (χ1v) is 12.5. The fourth-order valence-corrected chi connectivity index (χ4v) is 5.22. The average molecular weight is 549 g/mol. The van der Waals surface area contributed by atoms with Crippen LogP contribution in [0.4, 0.5) is 14.6 Å². The fourth-order valence-electron chi connectivity index (χ4n) is 5.22. The highest BCUT2D eigenvalue weighted by molar-refractivity contribution is 6.13. The zero-order chi connectivity index (χ0) is 28.4. The minimum Gasteiger partial charge on any atom is -0.458 e. The number of aromatic nitrogens is 4. The topological polar surface area (TPSA) is 129 Å². The second-order valence-electron chi connectivity index (χ2n) is 9.59. The van der Waals surface area contributed by atoms with Crippen molar-refractivity contribution in [1.82, 2.24) is 19.7 Å². The molecule has 3 aromatic heterocycles. The Labute approximate surface area is 229 Å². The third-order valence-corrected chi connectivity index (χ3v) is 7.15. The van der Waals surface area contributed by atoms with Gasteiger partial charge in [-0.1, -0.05) is 24.3 Å². The van der Waals surface area contributed by atoms with Gasteiger partial charge in [0.1, 0.15) is 52.2 Å². The van der Waals surface area contributed by atoms with Crippen LogP contribution in [0.1, 0.15) is 34.6 Å². The molecule has 0 fully saturated rings. The lowest BCUT2D eigenvalue weighted by molar-refractivity contribution is 0.101. The Morgan fingerprint density at radius 2 is 1.78 bits per heavy atom. The number of nitrogens with two attached hydrogens (primary N) is 1. The van der Waals surface area contributed by atoms with Crippen LogP contribution in [0, 0.1) is 11.6 Å². The molecular formula is C30H18F2N6O3. The van der Waals surface area contributed by atoms with Gasteiger partial charge in [0.25, 0.3) is 5.91 Å². The smallest absolute Gasteiger partial charge is 0.277 e. The summed E-state index contributed by atoms with van der Waals surface area (Å²) < 4.78 is 36.8. The van der Waals surface area contributed by atoms with E-state index in [1.807, 2.05) is 0 Å². The molecule has 4 heterocycles. The fraction of sp³-hybridized carbons (Fsp3) is 0.0667. The first-order chi connectivity index (χ1) is 19.8. The highest BCUT2D eigenvalue weighted by Gasteiger charge is 2.28. The van der Waals surface area contributed by atoms with Crippen molar-refractivity contribution in [1.29, 1.82) is 0 Å². The molecule has 1 amide bonds. The van der Waals surface area contributed by atoms with E-state index in [-0.39, 0.29) is 39.6 Å². The van der Waals surface area contributed by atoms with Crippen LogP contribution in [0.2, 0.25) is 0 Å². The number of amides is 1. The summed E-state index contributed by atoms with van der Waals surface area (Å²) in [5.41, 5.74) is 8.41. The average Bonchev–Trinajstić information content (AvgIpc) is 3.54. The van der Waals surface area contributed by atoms with Crippen LogP contribution in [-0.4, -0.2) is 31.9 Å². The number of halogens is 2. The lowest BCUT2D eigenvalue weighted by Crippen LogP contribution is -2.17. The second-order valence-corrected chi connectivity index (χ2v) is 9.59. The second kappa shape index (κ2) is 8.98. The molecular weight excluding hydrogens is 530 g/mol. The summed E-state index contributed by atoms with van der Waals surface area (Å²) in [5, 5.41) is 5.02. The van der Waals surface area contributed by atoms with Crippen LogP contribution in [-0.2, 0) is 0 Å². The quantitative estimate of drug-likeness (QED) is 0.316. The van der Waals surface area contributed by atoms with E-state index < -0.39 is 23.1 Å². The Balaban J connectivity index is 1.49. The molecule has 9 nitrogen and oxygen atoms in total. The molecule has 0 bridgehead atoms. The molecule has 11 heteroatoms. The van der Waals surface area contributed by atoms with Gasteiger partial charge in [-0.3, -0.25) is 9.59 Å². The van der Waals surface area contributed by atoms with E-state index >= 15 is 0 Å². The Morgan fingerprint density at radius 3 is 2.61 bits per heavy atom. The lowest BCUT2D eigenvalue weighted by Gasteiger charge is -2.17. The van der Waals surface area contributed by atoms with Crippen molar-refractivity contribution < 1.29 is 18.0 Å². The third kappa shape index (κ3) is 3.73. The number of fused-ring (bicyclic) bond motifs is 3. The van der Waals surface area contributed by atoms with E-state index in [2.05, 4.69) is 15.0 Å². The maximum atomic E-state index is 14.8. The molecule has 1 atom stereocenters. The van der Waals surface area contributed by atoms with Crippen LogP contribution in [0.5, 0.6) is 0 Å². The predicted octanol–water partition coefficient (Wildman–Crippen LogP) is 5.31. The van der Waals surface area contributed by atoms with Crippen molar-refractivity contribution in [2.45, 2.75) is 13.0 Å². The number of nitrogens with zero attached hydrogens (tertiary/aromatic N) is 5. The summed E-state index contributed by atoms with van der Waals surface area (Å²) in [7, 11) is 0. The zero-order valence-corrected chi connectivity index (χ0v) is 21.3. The van der Waals surface area contributed by atoms with E-state index in [4.69, 9.17) is 15.2 Å². The van der Waals surface area contributed by atoms with E-state index in [1.54, 1.807) is 31.2 Å². The number of anilines is 1. The first kappa shape index (κ1) is 24.5. The van der Waals surface area contributed by atoms with Gasteiger partial charge in [0.05, 0.1) is 16.5 Å². The minimum atomic E-state index is -0.795. The molecule has 0 spiro atoms. The van der Waals surface area contributed by atoms with Gasteiger partial charge < -0.3 is 10.2 Å². The molecule has 0 aliphatic carbocycles. The number of hydrogen-bond donors (Lipinski definition) is 1. The SMILES string of the molecule is CC(c1oc2cccc(F)c2c(=O)c1-c1cccc(F)c1)n1nc(-c2ccc3c(c2)C=NC3=O)c2c(N)ncnc21. The van der Waals surface area contributed by atoms with Crippen LogP contribution in [0.3, 0.4) is 0 Å². The molecule has 0 saturated carbocycles. The summed E-state index contributed by atoms with van der Waals surface area (Å²) >= 11 is 0. The third-order valence-electron chi connectivity index (χ3n) is 7.15. The van der Waals surface area contributed by atoms with E-state index in [0.717, 1.165) is 0 Å². The van der Waals surface area contributed by atoms with Gasteiger partial charge in [-0.15, -0.1) is 0 Å². The molecule has 1 aliphatic heterocycles. The van der Waals surface area contributed by atoms with Gasteiger partial charge >= 0.3 is 0 Å². The Kier molecular flexibility index (Phi) is 5.36. The van der Waals surface area contributed by atoms with Crippen LogP contribution in [0.25, 0.3) is 44.4 Å². The number of nitrogen functional groups attached to an aromatic ring is 1. The number of hydrogen-bond acceptors (Lipinski definition) is 7. The molecule has 3 aromatic carbocycles. The molecule has 1 unspecified atom stereocenters. The summed E-state index contributed by atoms with van der Waals surface area (Å²) in [6, 6.07) is 13.9. The molecule has 7 rings (SSSR count). The number of rotatable bonds is 4. The maximum Gasteiger partial charge on any atom is 0.277 e. The molecule has 0 radical (unpaired) electrons. The lowest BCUT2D eigenvalue weighted by atomic mass is 9.99. The molecule has 2 N–H and O–H groups in total. The van der Waals surface area contributed by atoms with E-state index in [1.165, 1.54) is 53.6 Å². The number of aliphatic imine (C=N–C) groups is 1. The van der Waals surface area contributed by atoms with Gasteiger partial charge in [0, 0.05) is 17.3 Å². The number of carbonyl (C=O) groups excluding carboxylic acids is 1. The van der Waals surface area contributed by atoms with Crippen molar-refractivity contribution in [3.63, 3.8) is 0 Å². The Morgan fingerprint density at radius 1 is 0.951 bits per heavy atom. The largest absolute Gasteiger partial charge is 0.458 e. The predicted molar refractivity (Wildman–Crippen MR) is 149 cm³/mol. The van der Waals surface area contributed by atoms with Gasteiger partial charge in [-0.25, -0.2) is 28.4 Å². The summed E-state index contributed by atoms with van der Waals surface area (Å²) in [4.78, 5) is 38.2. The summed E-state index contributed by atoms with van der Waals surface area (Å²) in [6.07, 6.45) is 2.77. The molecule has 0 saturated heterocycles. The molecule has 41 heavy (non-hydrogen) atoms. The van der Waals surface area contributed by atoms with Crippen LogP contribution >= 0.6 is 0 Å². The van der Waals surface area contributed by atoms with E-state index in [0.29, 0.717) is 33.4 Å². The van der Waals surface area contributed by atoms with E-state index in [9.17, 15) is 18.4 Å². The molecule has 6 aromatic rings. The van der Waals surface area contributed by atoms with Crippen molar-refractivity contribution in [3.05, 3.63) is 106 Å². The minimum absolute atomic E-state index is 0.00548. The highest BCUT2D eigenvalue weighted by Crippen LogP contribution is 2.37. The summed E-state index contributed by atoms with van der Waals surface area (Å²) in [6.45, 7) is 1.73. The number of carbonyl (C=O) groups is 1. The van der Waals surface area contributed by atoms with Crippen molar-refractivity contribution >= 4 is 39.9 Å². The normalized spacial score (nSPS) is 13.3. The van der Waals surface area contributed by atoms with Gasteiger partial charge in [-0.2, -0.15) is 5.10 Å². The zero-order valence-electron chi connectivity index (χ0n) is 21.3.